The smallest absolute Gasteiger partial charge is 0.340 e. The van der Waals surface area contributed by atoms with Crippen molar-refractivity contribution in [2.24, 2.45) is 11.3 Å². The van der Waals surface area contributed by atoms with Gasteiger partial charge in [0.25, 0.3) is 0 Å². The Morgan fingerprint density at radius 1 is 0.982 bits per heavy atom. The van der Waals surface area contributed by atoms with Crippen molar-refractivity contribution in [1.82, 2.24) is 14.8 Å². The van der Waals surface area contributed by atoms with Gasteiger partial charge in [0.1, 0.15) is 11.2 Å². The molecule has 6 heterocycles. The average Bonchev–Trinajstić information content (AvgIpc) is 3.88. The van der Waals surface area contributed by atoms with Crippen LogP contribution in [0.25, 0.3) is 10.9 Å². The molecule has 0 amide bonds. The van der Waals surface area contributed by atoms with E-state index >= 15 is 4.79 Å². The van der Waals surface area contributed by atoms with Crippen molar-refractivity contribution in [1.29, 1.82) is 0 Å². The maximum absolute atomic E-state index is 15.3. The van der Waals surface area contributed by atoms with Gasteiger partial charge in [0.05, 0.1) is 45.7 Å². The SMILES string of the molecule is CC[C@]1(O)C[C@@H]2CN(CCc3c([nH]c4ccccc34)[C@@](C(=O)OC)(c3cc4c(cc3OC)N(C)[C@@H]3[C@]45CCN4CCC[C@@]([C@H](O)CO)(C[C@]3(O)C(=O)OC)[C@H]45)C2)C1. The molecule has 57 heavy (non-hydrogen) atoms. The largest absolute Gasteiger partial charge is 0.496 e. The first-order chi connectivity index (χ1) is 27.3. The Morgan fingerprint density at radius 2 is 1.75 bits per heavy atom. The molecule has 9 rings (SSSR count). The summed E-state index contributed by atoms with van der Waals surface area (Å²) in [5.74, 6) is -0.858. The van der Waals surface area contributed by atoms with Crippen molar-refractivity contribution in [3.63, 3.8) is 0 Å². The van der Waals surface area contributed by atoms with Crippen LogP contribution >= 0.6 is 0 Å². The zero-order valence-electron chi connectivity index (χ0n) is 33.8. The predicted molar refractivity (Wildman–Crippen MR) is 212 cm³/mol. The number of H-pyrrole nitrogens is 1. The third-order valence-electron chi connectivity index (χ3n) is 15.7. The van der Waals surface area contributed by atoms with E-state index in [9.17, 15) is 25.2 Å². The van der Waals surface area contributed by atoms with Gasteiger partial charge in [-0.05, 0) is 93.6 Å². The van der Waals surface area contributed by atoms with Crippen LogP contribution in [0, 0.1) is 11.3 Å². The van der Waals surface area contributed by atoms with Crippen LogP contribution < -0.4 is 9.64 Å². The quantitative estimate of drug-likeness (QED) is 0.223. The van der Waals surface area contributed by atoms with E-state index in [1.165, 1.54) is 14.2 Å². The zero-order chi connectivity index (χ0) is 40.3. The van der Waals surface area contributed by atoms with Gasteiger partial charge in [-0.1, -0.05) is 25.1 Å². The van der Waals surface area contributed by atoms with Crippen LogP contribution in [0.4, 0.5) is 5.69 Å². The van der Waals surface area contributed by atoms with E-state index in [1.54, 1.807) is 7.11 Å². The first-order valence-corrected chi connectivity index (χ1v) is 20.7. The summed E-state index contributed by atoms with van der Waals surface area (Å²) in [7, 11) is 6.19. The van der Waals surface area contributed by atoms with Crippen molar-refractivity contribution in [2.75, 3.05) is 72.6 Å². The van der Waals surface area contributed by atoms with E-state index in [1.807, 2.05) is 43.1 Å². The molecule has 1 unspecified atom stereocenters. The summed E-state index contributed by atoms with van der Waals surface area (Å²) in [6.07, 6.45) is 2.59. The topological polar surface area (TPSA) is 168 Å². The number of rotatable bonds is 7. The number of aliphatic hydroxyl groups is 4. The average molecular weight is 787 g/mol. The number of methoxy groups -OCH3 is 3. The minimum Gasteiger partial charge on any atom is -0.496 e. The number of hydrogen-bond acceptors (Lipinski definition) is 12. The van der Waals surface area contributed by atoms with Gasteiger partial charge in [0.15, 0.2) is 5.60 Å². The number of anilines is 1. The van der Waals surface area contributed by atoms with Crippen LogP contribution in [0.5, 0.6) is 5.75 Å². The van der Waals surface area contributed by atoms with Gasteiger partial charge in [-0.15, -0.1) is 0 Å². The number of esters is 2. The molecular weight excluding hydrogens is 729 g/mol. The number of para-hydroxylation sites is 1. The lowest BCUT2D eigenvalue weighted by atomic mass is 9.47. The lowest BCUT2D eigenvalue weighted by Crippen LogP contribution is -2.77. The molecule has 1 spiro atoms. The van der Waals surface area contributed by atoms with Gasteiger partial charge in [0.2, 0.25) is 0 Å². The van der Waals surface area contributed by atoms with E-state index < -0.39 is 58.1 Å². The summed E-state index contributed by atoms with van der Waals surface area (Å²) < 4.78 is 17.7. The van der Waals surface area contributed by atoms with E-state index in [0.717, 1.165) is 46.4 Å². The molecular formula is C44H58N4O9. The molecule has 1 aromatic heterocycles. The van der Waals surface area contributed by atoms with Crippen molar-refractivity contribution in [3.8, 4) is 5.75 Å². The molecule has 5 N–H and O–H groups in total. The number of nitrogens with one attached hydrogen (secondary N) is 1. The number of carbonyl (C=O) groups excluding carboxylic acids is 2. The Hall–Kier alpha value is -3.72. The van der Waals surface area contributed by atoms with E-state index in [-0.39, 0.29) is 18.4 Å². The number of aliphatic hydroxyl groups excluding tert-OH is 2. The number of carbonyl (C=O) groups is 2. The molecule has 5 aliphatic heterocycles. The standard InChI is InChI=1S/C44H58N4O9/c1-6-40(53)20-26-21-43(38(51)56-4,35-28(12-16-47(22-26)25-40)27-10-7-8-11-31(27)45-35)30-18-29-32(19-33(30)55-3)46(2)37-42(29)14-17-48-15-9-13-41(36(42)48,34(50)23-49)24-44(37,54)39(52)57-5/h7-8,10-11,18-19,26,34,36-37,45,49-50,53-54H,6,9,12-17,20-25H2,1-5H3/t26-,34+,36-,37+,40-,41-,42+,43-,44+/m0/s1. The molecule has 2 aromatic carbocycles. The number of hydrogen-bond donors (Lipinski definition) is 5. The van der Waals surface area contributed by atoms with Gasteiger partial charge < -0.3 is 44.5 Å². The highest BCUT2D eigenvalue weighted by atomic mass is 16.5. The van der Waals surface area contributed by atoms with Crippen molar-refractivity contribution in [2.45, 2.75) is 98.5 Å². The Bertz CT molecular complexity index is 2110. The second-order valence-corrected chi connectivity index (χ2v) is 18.2. The molecule has 1 aliphatic carbocycles. The number of fused-ring (bicyclic) bond motifs is 6. The molecule has 3 saturated heterocycles. The van der Waals surface area contributed by atoms with E-state index in [4.69, 9.17) is 14.2 Å². The molecule has 3 aromatic rings. The maximum Gasteiger partial charge on any atom is 0.340 e. The molecule has 0 radical (unpaired) electrons. The number of piperidine rings is 2. The van der Waals surface area contributed by atoms with E-state index in [0.29, 0.717) is 76.0 Å². The first kappa shape index (κ1) is 38.8. The first-order valence-electron chi connectivity index (χ1n) is 20.7. The number of ether oxygens (including phenoxy) is 3. The maximum atomic E-state index is 15.3. The van der Waals surface area contributed by atoms with Crippen LogP contribution in [-0.4, -0.2) is 144 Å². The van der Waals surface area contributed by atoms with Crippen LogP contribution in [-0.2, 0) is 36.3 Å². The third kappa shape index (κ3) is 5.08. The fourth-order valence-electron chi connectivity index (χ4n) is 13.7. The minimum atomic E-state index is -2.05. The minimum absolute atomic E-state index is 0.0760. The summed E-state index contributed by atoms with van der Waals surface area (Å²) in [6.45, 7) is 4.91. The van der Waals surface area contributed by atoms with Gasteiger partial charge in [-0.25, -0.2) is 4.79 Å². The molecule has 13 heteroatoms. The zero-order valence-corrected chi connectivity index (χ0v) is 33.8. The molecule has 10 atom stereocenters. The van der Waals surface area contributed by atoms with Crippen molar-refractivity contribution < 1.29 is 44.2 Å². The summed E-state index contributed by atoms with van der Waals surface area (Å²) in [5, 5.41) is 48.4. The lowest BCUT2D eigenvalue weighted by Gasteiger charge is -2.63. The van der Waals surface area contributed by atoms with Crippen molar-refractivity contribution >= 4 is 28.5 Å². The third-order valence-corrected chi connectivity index (χ3v) is 15.7. The van der Waals surface area contributed by atoms with Crippen LogP contribution in [0.3, 0.4) is 0 Å². The molecule has 4 fully saturated rings. The highest BCUT2D eigenvalue weighted by Crippen LogP contribution is 2.68. The monoisotopic (exact) mass is 786 g/mol. The van der Waals surface area contributed by atoms with Crippen molar-refractivity contribution in [3.05, 3.63) is 58.8 Å². The second-order valence-electron chi connectivity index (χ2n) is 18.2. The van der Waals surface area contributed by atoms with Gasteiger partial charge in [0, 0.05) is 77.5 Å². The summed E-state index contributed by atoms with van der Waals surface area (Å²) in [5.41, 5.74) is -1.47. The van der Waals surface area contributed by atoms with Crippen LogP contribution in [0.2, 0.25) is 0 Å². The Balaban J connectivity index is 1.36. The molecule has 2 bridgehead atoms. The normalized spacial score (nSPS) is 37.5. The highest BCUT2D eigenvalue weighted by Gasteiger charge is 2.77. The van der Waals surface area contributed by atoms with Gasteiger partial charge >= 0.3 is 11.9 Å². The lowest BCUT2D eigenvalue weighted by molar-refractivity contribution is -0.204. The highest BCUT2D eigenvalue weighted by molar-refractivity contribution is 5.94. The Kier molecular flexibility index (Phi) is 9.12. The second kappa shape index (κ2) is 13.4. The Labute approximate surface area is 333 Å². The number of nitrogens with zero attached hydrogens (tertiary/aromatic N) is 3. The predicted octanol–water partition coefficient (Wildman–Crippen LogP) is 2.62. The summed E-state index contributed by atoms with van der Waals surface area (Å²) in [6, 6.07) is 11.0. The van der Waals surface area contributed by atoms with Gasteiger partial charge in [-0.2, -0.15) is 0 Å². The molecule has 6 aliphatic rings. The van der Waals surface area contributed by atoms with Crippen LogP contribution in [0.1, 0.15) is 74.3 Å². The summed E-state index contributed by atoms with van der Waals surface area (Å²) in [4.78, 5) is 39.8. The number of aromatic nitrogens is 1. The molecule has 13 nitrogen and oxygen atoms in total. The fourth-order valence-corrected chi connectivity index (χ4v) is 13.7. The number of benzene rings is 2. The van der Waals surface area contributed by atoms with E-state index in [2.05, 4.69) is 26.9 Å². The number of aromatic amines is 1. The Morgan fingerprint density at radius 3 is 2.47 bits per heavy atom. The number of likely N-dealkylation sites (N-methyl/N-ethyl adjacent to an activating group) is 1. The van der Waals surface area contributed by atoms with Crippen LogP contribution in [0.15, 0.2) is 36.4 Å². The molecule has 1 saturated carbocycles. The fraction of sp³-hybridized carbons (Fsp3) is 0.636. The molecule has 308 valence electrons. The summed E-state index contributed by atoms with van der Waals surface area (Å²) >= 11 is 0. The van der Waals surface area contributed by atoms with Gasteiger partial charge in [-0.3, -0.25) is 14.6 Å².